The predicted molar refractivity (Wildman–Crippen MR) is 501 cm³/mol. The van der Waals surface area contributed by atoms with Crippen LogP contribution in [0.2, 0.25) is 10.0 Å². The number of allylic oxidation sites excluding steroid dienone is 2. The maximum absolute atomic E-state index is 14.8. The number of esters is 4. The number of nitrogens with one attached hydrogen (secondary N) is 2. The number of amides is 2. The molecule has 16 atom stereocenters. The van der Waals surface area contributed by atoms with Gasteiger partial charge >= 0.3 is 23.9 Å². The van der Waals surface area contributed by atoms with E-state index in [1.54, 1.807) is 36.1 Å². The van der Waals surface area contributed by atoms with Crippen LogP contribution in [0, 0.1) is 69.5 Å². The lowest BCUT2D eigenvalue weighted by molar-refractivity contribution is -0.157. The normalized spacial score (nSPS) is 25.8. The summed E-state index contributed by atoms with van der Waals surface area (Å²) in [5, 5.41) is 19.4. The monoisotopic (exact) mass is 1900 g/mol. The lowest BCUT2D eigenvalue weighted by Crippen LogP contribution is -2.48. The summed E-state index contributed by atoms with van der Waals surface area (Å²) in [6, 6.07) is 9.47. The van der Waals surface area contributed by atoms with Crippen molar-refractivity contribution in [2.24, 2.45) is 69.5 Å². The van der Waals surface area contributed by atoms with E-state index in [0.717, 1.165) is 57.1 Å². The minimum Gasteiger partial charge on any atom is -0.506 e. The zero-order valence-electron chi connectivity index (χ0n) is 77.8. The molecule has 0 radical (unpaired) electrons. The molecule has 708 valence electrons. The van der Waals surface area contributed by atoms with Gasteiger partial charge in [-0.15, -0.1) is 13.2 Å². The molecular weight excluding hydrogens is 1770 g/mol. The summed E-state index contributed by atoms with van der Waals surface area (Å²) >= 11 is 17.1. The van der Waals surface area contributed by atoms with E-state index in [0.29, 0.717) is 122 Å². The highest BCUT2D eigenvalue weighted by Crippen LogP contribution is 2.58. The number of methoxy groups -OCH3 is 2. The first-order valence-corrected chi connectivity index (χ1v) is 48.7. The molecule has 10 fully saturated rings. The zero-order chi connectivity index (χ0) is 93.4. The molecule has 3 N–H and O–H groups in total. The number of aromatic nitrogens is 4. The average molecular weight is 1900 g/mol. The van der Waals surface area contributed by atoms with Crippen molar-refractivity contribution in [3.8, 4) is 45.8 Å². The van der Waals surface area contributed by atoms with Crippen LogP contribution in [-0.4, -0.2) is 219 Å². The number of likely N-dealkylation sites (tertiary alicyclic amines) is 4. The first kappa shape index (κ1) is 98.6. The highest BCUT2D eigenvalue weighted by Gasteiger charge is 2.62. The number of nitrogens with zero attached hydrogens (tertiary/aromatic N) is 8. The van der Waals surface area contributed by atoms with Gasteiger partial charge in [-0.05, 0) is 202 Å². The lowest BCUT2D eigenvalue weighted by Gasteiger charge is -2.35. The Hall–Kier alpha value is -8.90. The zero-order valence-corrected chi connectivity index (χ0v) is 80.9. The number of phenols is 1. The summed E-state index contributed by atoms with van der Waals surface area (Å²) in [6.07, 6.45) is 20.7. The van der Waals surface area contributed by atoms with Crippen molar-refractivity contribution >= 4 is 120 Å². The van der Waals surface area contributed by atoms with Crippen LogP contribution in [0.15, 0.2) is 83.1 Å². The lowest BCUT2D eigenvalue weighted by atomic mass is 9.77. The van der Waals surface area contributed by atoms with Crippen LogP contribution in [0.25, 0.3) is 44.6 Å². The molecule has 6 aliphatic carbocycles. The number of ether oxygens (including phenoxy) is 7. The number of pyridine rings is 2. The molecule has 0 spiro atoms. The van der Waals surface area contributed by atoms with Crippen LogP contribution in [0.3, 0.4) is 0 Å². The molecule has 10 aliphatic rings. The van der Waals surface area contributed by atoms with Crippen molar-refractivity contribution in [1.29, 1.82) is 0 Å². The minimum absolute atomic E-state index is 0.0124. The number of carbonyl (C=O) groups is 8. The van der Waals surface area contributed by atoms with Gasteiger partial charge in [-0.25, -0.2) is 9.97 Å². The number of ketones is 2. The largest absolute Gasteiger partial charge is 0.506 e. The summed E-state index contributed by atoms with van der Waals surface area (Å²) in [4.78, 5) is 134. The number of alkyl halides is 1. The second-order valence-corrected chi connectivity index (χ2v) is 41.5. The van der Waals surface area contributed by atoms with E-state index in [-0.39, 0.29) is 133 Å². The van der Waals surface area contributed by atoms with Crippen molar-refractivity contribution in [3.63, 3.8) is 0 Å². The van der Waals surface area contributed by atoms with E-state index < -0.39 is 64.3 Å². The molecule has 28 nitrogen and oxygen atoms in total. The molecule has 4 saturated heterocycles. The van der Waals surface area contributed by atoms with Crippen LogP contribution in [0.1, 0.15) is 205 Å². The fourth-order valence-electron chi connectivity index (χ4n) is 19.6. The van der Waals surface area contributed by atoms with Crippen molar-refractivity contribution in [2.75, 3.05) is 89.1 Å². The topological polar surface area (TPSA) is 336 Å². The smallest absolute Gasteiger partial charge is 0.312 e. The number of anilines is 2. The Labute approximate surface area is 782 Å². The van der Waals surface area contributed by atoms with Gasteiger partial charge in [0.15, 0.2) is 11.6 Å². The fourth-order valence-corrected chi connectivity index (χ4v) is 20.5. The molecule has 6 aromatic rings. The molecule has 2 unspecified atom stereocenters. The van der Waals surface area contributed by atoms with E-state index >= 15 is 0 Å². The number of fused-ring (bicyclic) bond motifs is 4. The third-order valence-corrected chi connectivity index (χ3v) is 28.5. The van der Waals surface area contributed by atoms with Crippen LogP contribution in [0.5, 0.6) is 23.0 Å². The number of phenolic OH excluding ortho intramolecular Hbond substituents is 1. The number of carbonyl (C=O) groups excluding carboxylic acids is 8. The molecule has 0 bridgehead atoms. The number of hydrogen-bond acceptors (Lipinski definition) is 26. The Bertz CT molecular complexity index is 5030. The molecule has 16 rings (SSSR count). The molecule has 4 aromatic heterocycles. The second-order valence-electron chi connectivity index (χ2n) is 39.9. The molecular formula is C99H133BrCl2N10O18. The van der Waals surface area contributed by atoms with Gasteiger partial charge in [0, 0.05) is 79.1 Å². The molecule has 2 amide bonds. The van der Waals surface area contributed by atoms with Gasteiger partial charge in [0.25, 0.3) is 12.0 Å². The van der Waals surface area contributed by atoms with E-state index in [4.69, 9.17) is 70.4 Å². The number of piperidine rings is 2. The Morgan fingerprint density at radius 1 is 0.585 bits per heavy atom. The second kappa shape index (κ2) is 43.0. The van der Waals surface area contributed by atoms with Gasteiger partial charge in [-0.1, -0.05) is 113 Å². The highest BCUT2D eigenvalue weighted by molar-refractivity contribution is 9.09. The number of oxazole rings is 2. The summed E-state index contributed by atoms with van der Waals surface area (Å²) in [6.45, 7) is 36.3. The third-order valence-electron chi connectivity index (χ3n) is 27.4. The van der Waals surface area contributed by atoms with E-state index in [1.165, 1.54) is 109 Å². The van der Waals surface area contributed by atoms with E-state index in [2.05, 4.69) is 64.2 Å². The maximum atomic E-state index is 14.8. The quantitative estimate of drug-likeness (QED) is 0.0149. The van der Waals surface area contributed by atoms with Gasteiger partial charge in [-0.3, -0.25) is 43.3 Å². The SMILES string of the molecule is BrCCN1CCCCC1.C=C[C@@H]1C[C@@H]1C(=O)OC.C=C[C@@H]1C[C@]1(CC(=O)[C@@H]1C[C@@H](Oc2cc(-c3coc(NC(C)C)n3)nc3c(Cl)c(O)ccc23)CN1C(=O)[C@@H](CC(=O)OC1C[C@@H]2C[C@@H]2C1)C(C)(C)C)C(=O)OC.CCC(=O)[C@@H]1C[C@@H](Oc2cc(-c3coc(NC(C)C)n3)nc3c(Cl)c(OCCN4CCCCC4)ccc23)CN1C(=O)[C@@H](CC(=O)OC1C[C@@H]2C[C@@H]2C1)C(C)(C)C. The Kier molecular flexibility index (Phi) is 32.6. The van der Waals surface area contributed by atoms with Crippen LogP contribution in [-0.2, 0) is 57.3 Å². The number of hydrogen-bond donors (Lipinski definition) is 3. The summed E-state index contributed by atoms with van der Waals surface area (Å²) in [5.74, 6) is 0.295. The first-order chi connectivity index (χ1) is 62.0. The standard InChI is InChI=1S/C43H58ClN5O7.C42H51ClN4O9.C7H14BrN.C7H10O2/c1-7-35(50)34-20-29(23-49(34)41(52)31(43(4,5)6)21-38(51)56-28-18-26-17-27(26)19-28)55-37-22-32(33-24-54-42(47-33)45-25(2)3)46-40-30(37)11-12-36(39(40)44)53-16-15-48-13-9-8-10-14-48;1-8-24-17-42(24,39(52)53-7)18-33(49)31-14-26(19-47(31)38(51)28(41(4,5)6)15-35(50)56-25-12-22-11-23(22)13-25)55-34-16-29(30-20-54-40(46-30)44-21(2)3)45-37-27(34)9-10-32(48)36(37)43;8-4-7-9-5-2-1-3-6-9;1-3-5-4-6(5)7(8)9-2/h11-12,22,24-29,31,34H,7-10,13-21,23H2,1-6H3,(H,45,47);8-10,16,20-26,28,31,48H,1,11-15,17-19H2,2-7H3,(H,44,46);1-7H2;3,5-6H,1,4H2,2H3/t26-,27+,28?,29-,31-,34+;22-,23+,24-,25?,26-,28-,31+,42-;;5-,6+/m11.1/s1. The molecule has 31 heteroatoms. The van der Waals surface area contributed by atoms with E-state index in [9.17, 15) is 43.5 Å². The van der Waals surface area contributed by atoms with Crippen LogP contribution >= 0.6 is 39.1 Å². The molecule has 8 heterocycles. The van der Waals surface area contributed by atoms with Gasteiger partial charge in [0.05, 0.1) is 97.8 Å². The third kappa shape index (κ3) is 24.6. The van der Waals surface area contributed by atoms with Crippen molar-refractivity contribution in [3.05, 3.63) is 84.3 Å². The van der Waals surface area contributed by atoms with Gasteiger partial charge in [0.2, 0.25) is 11.8 Å². The van der Waals surface area contributed by atoms with Gasteiger partial charge in [0.1, 0.15) is 88.0 Å². The molecule has 6 saturated carbocycles. The first-order valence-electron chi connectivity index (χ1n) is 46.8. The van der Waals surface area contributed by atoms with Crippen molar-refractivity contribution < 1.29 is 85.5 Å². The highest BCUT2D eigenvalue weighted by atomic mass is 79.9. The molecule has 130 heavy (non-hydrogen) atoms. The van der Waals surface area contributed by atoms with Crippen LogP contribution in [0.4, 0.5) is 12.0 Å². The van der Waals surface area contributed by atoms with E-state index in [1.807, 2.05) is 87.4 Å². The number of Topliss-reactive ketones (excluding diaryl/α,β-unsaturated/α-hetero) is 2. The number of rotatable bonds is 33. The number of halogens is 3. The predicted octanol–water partition coefficient (Wildman–Crippen LogP) is 17.9. The van der Waals surface area contributed by atoms with Gasteiger partial charge < -0.3 is 72.4 Å². The number of aromatic hydroxyl groups is 1. The Morgan fingerprint density at radius 2 is 1.05 bits per heavy atom. The minimum atomic E-state index is -1.05. The molecule has 4 aliphatic heterocycles. The Balaban J connectivity index is 0.000000185. The molecule has 2 aromatic carbocycles. The van der Waals surface area contributed by atoms with Crippen LogP contribution < -0.4 is 24.8 Å². The maximum Gasteiger partial charge on any atom is 0.312 e. The summed E-state index contributed by atoms with van der Waals surface area (Å²) < 4.78 is 52.4. The Morgan fingerprint density at radius 3 is 1.48 bits per heavy atom. The summed E-state index contributed by atoms with van der Waals surface area (Å²) in [5.41, 5.74) is 0.202. The van der Waals surface area contributed by atoms with Crippen molar-refractivity contribution in [1.82, 2.24) is 39.5 Å². The number of benzene rings is 2. The average Bonchev–Trinajstić information content (AvgIpc) is 1.58. The van der Waals surface area contributed by atoms with Crippen molar-refractivity contribution in [2.45, 2.75) is 253 Å². The fraction of sp³-hybridized carbons (Fsp3) is 0.636. The van der Waals surface area contributed by atoms with Gasteiger partial charge in [-0.2, -0.15) is 9.97 Å². The summed E-state index contributed by atoms with van der Waals surface area (Å²) in [7, 11) is 2.71.